The highest BCUT2D eigenvalue weighted by Gasteiger charge is 2.15. The maximum Gasteiger partial charge on any atom is 0.0845 e. The molecule has 0 aliphatic carbocycles. The van der Waals surface area contributed by atoms with Crippen molar-refractivity contribution in [3.05, 3.63) is 45.3 Å². The van der Waals surface area contributed by atoms with Gasteiger partial charge >= 0.3 is 0 Å². The highest BCUT2D eigenvalue weighted by molar-refractivity contribution is 9.10. The van der Waals surface area contributed by atoms with Gasteiger partial charge in [0.25, 0.3) is 0 Å². The molecule has 3 aromatic rings. The summed E-state index contributed by atoms with van der Waals surface area (Å²) in [6, 6.07) is 12.4. The van der Waals surface area contributed by atoms with E-state index >= 15 is 0 Å². The first kappa shape index (κ1) is 17.9. The van der Waals surface area contributed by atoms with E-state index in [1.807, 2.05) is 24.1 Å². The molecule has 0 radical (unpaired) electrons. The molecule has 0 fully saturated rings. The van der Waals surface area contributed by atoms with Crippen molar-refractivity contribution < 1.29 is 10.2 Å². The molecule has 0 saturated heterocycles. The second kappa shape index (κ2) is 7.54. The molecular formula is C18H20Br2N2O2. The van der Waals surface area contributed by atoms with Crippen LogP contribution >= 0.6 is 31.9 Å². The number of benzene rings is 2. The van der Waals surface area contributed by atoms with Crippen LogP contribution in [0.5, 0.6) is 0 Å². The Labute approximate surface area is 157 Å². The highest BCUT2D eigenvalue weighted by Crippen LogP contribution is 2.33. The molecular weight excluding hydrogens is 436 g/mol. The van der Waals surface area contributed by atoms with Crippen LogP contribution < -0.4 is 0 Å². The molecule has 0 aliphatic rings. The quantitative estimate of drug-likeness (QED) is 0.596. The second-order valence-electron chi connectivity index (χ2n) is 6.07. The van der Waals surface area contributed by atoms with Crippen molar-refractivity contribution in [1.82, 2.24) is 9.47 Å². The summed E-state index contributed by atoms with van der Waals surface area (Å²) in [5.41, 5.74) is 2.21. The van der Waals surface area contributed by atoms with Gasteiger partial charge < -0.3 is 19.7 Å². The lowest BCUT2D eigenvalue weighted by atomic mass is 10.2. The van der Waals surface area contributed by atoms with E-state index in [2.05, 4.69) is 60.7 Å². The molecule has 1 aromatic heterocycles. The summed E-state index contributed by atoms with van der Waals surface area (Å²) in [4.78, 5) is 1.94. The summed E-state index contributed by atoms with van der Waals surface area (Å²) in [5, 5.41) is 21.8. The van der Waals surface area contributed by atoms with E-state index in [1.54, 1.807) is 0 Å². The van der Waals surface area contributed by atoms with Gasteiger partial charge in [0.15, 0.2) is 0 Å². The normalized spacial score (nSPS) is 13.2. The fraction of sp³-hybridized carbons (Fsp3) is 0.333. The molecule has 1 atom stereocenters. The van der Waals surface area contributed by atoms with Crippen LogP contribution in [0.2, 0.25) is 0 Å². The summed E-state index contributed by atoms with van der Waals surface area (Å²) >= 11 is 7.09. The van der Waals surface area contributed by atoms with E-state index in [0.717, 1.165) is 30.8 Å². The van der Waals surface area contributed by atoms with E-state index in [9.17, 15) is 5.11 Å². The van der Waals surface area contributed by atoms with Gasteiger partial charge in [0.1, 0.15) is 0 Å². The first-order valence-corrected chi connectivity index (χ1v) is 9.42. The van der Waals surface area contributed by atoms with E-state index in [1.165, 1.54) is 0 Å². The Morgan fingerprint density at radius 3 is 2.08 bits per heavy atom. The van der Waals surface area contributed by atoms with Crippen molar-refractivity contribution in [2.45, 2.75) is 12.6 Å². The van der Waals surface area contributed by atoms with Crippen LogP contribution in [0.25, 0.3) is 21.8 Å². The van der Waals surface area contributed by atoms with E-state index in [4.69, 9.17) is 5.11 Å². The summed E-state index contributed by atoms with van der Waals surface area (Å²) in [7, 11) is 1.90. The second-order valence-corrected chi connectivity index (χ2v) is 7.90. The molecule has 0 aliphatic heterocycles. The Kier molecular flexibility index (Phi) is 5.62. The van der Waals surface area contributed by atoms with Gasteiger partial charge in [0.2, 0.25) is 0 Å². The first-order chi connectivity index (χ1) is 11.5. The van der Waals surface area contributed by atoms with Crippen LogP contribution in [0.15, 0.2) is 45.3 Å². The third-order valence-corrected chi connectivity index (χ3v) is 5.17. The van der Waals surface area contributed by atoms with Gasteiger partial charge in [0.05, 0.1) is 19.3 Å². The molecule has 2 aromatic carbocycles. The number of rotatable bonds is 6. The van der Waals surface area contributed by atoms with Gasteiger partial charge in [-0.15, -0.1) is 0 Å². The molecule has 1 heterocycles. The molecule has 2 N–H and O–H groups in total. The van der Waals surface area contributed by atoms with Gasteiger partial charge in [-0.05, 0) is 43.4 Å². The molecule has 0 spiro atoms. The average molecular weight is 456 g/mol. The number of aliphatic hydroxyl groups excluding tert-OH is 2. The zero-order valence-electron chi connectivity index (χ0n) is 13.4. The van der Waals surface area contributed by atoms with Crippen molar-refractivity contribution in [3.63, 3.8) is 0 Å². The molecule has 128 valence electrons. The fourth-order valence-electron chi connectivity index (χ4n) is 3.14. The number of halogens is 2. The number of aromatic nitrogens is 1. The standard InChI is InChI=1S/C18H20Br2N2O2/c1-21(6-7-23)10-14(24)11-22-17-4-2-12(19)8-15(17)16-9-13(20)3-5-18(16)22/h2-5,8-9,14,23-24H,6-7,10-11H2,1H3. The van der Waals surface area contributed by atoms with Crippen LogP contribution in [-0.2, 0) is 6.54 Å². The molecule has 0 saturated carbocycles. The van der Waals surface area contributed by atoms with Gasteiger partial charge in [-0.3, -0.25) is 0 Å². The Bertz CT molecular complexity index is 804. The SMILES string of the molecule is CN(CCO)CC(O)Cn1c2ccc(Br)cc2c2cc(Br)ccc21. The molecule has 4 nitrogen and oxygen atoms in total. The summed E-state index contributed by atoms with van der Waals surface area (Å²) in [5.74, 6) is 0. The van der Waals surface area contributed by atoms with Crippen LogP contribution in [0.3, 0.4) is 0 Å². The van der Waals surface area contributed by atoms with Gasteiger partial charge in [0, 0.05) is 43.8 Å². The lowest BCUT2D eigenvalue weighted by molar-refractivity contribution is 0.102. The fourth-order valence-corrected chi connectivity index (χ4v) is 3.86. The van der Waals surface area contributed by atoms with Crippen molar-refractivity contribution in [3.8, 4) is 0 Å². The molecule has 0 bridgehead atoms. The largest absolute Gasteiger partial charge is 0.395 e. The average Bonchev–Trinajstić information content (AvgIpc) is 2.80. The summed E-state index contributed by atoms with van der Waals surface area (Å²) in [6.07, 6.45) is -0.507. The maximum atomic E-state index is 10.5. The third-order valence-electron chi connectivity index (χ3n) is 4.19. The van der Waals surface area contributed by atoms with Crippen molar-refractivity contribution in [1.29, 1.82) is 0 Å². The Hall–Kier alpha value is -0.920. The van der Waals surface area contributed by atoms with Crippen molar-refractivity contribution in [2.75, 3.05) is 26.7 Å². The number of aliphatic hydroxyl groups is 2. The van der Waals surface area contributed by atoms with E-state index in [0.29, 0.717) is 19.6 Å². The summed E-state index contributed by atoms with van der Waals surface area (Å²) < 4.78 is 4.25. The van der Waals surface area contributed by atoms with Crippen LogP contribution in [-0.4, -0.2) is 52.5 Å². The first-order valence-electron chi connectivity index (χ1n) is 7.84. The maximum absolute atomic E-state index is 10.5. The minimum Gasteiger partial charge on any atom is -0.395 e. The predicted octanol–water partition coefficient (Wildman–Crippen LogP) is 3.60. The Morgan fingerprint density at radius 2 is 1.58 bits per heavy atom. The van der Waals surface area contributed by atoms with Crippen LogP contribution in [0.1, 0.15) is 0 Å². The predicted molar refractivity (Wildman–Crippen MR) is 105 cm³/mol. The van der Waals surface area contributed by atoms with Gasteiger partial charge in [-0.1, -0.05) is 31.9 Å². The monoisotopic (exact) mass is 454 g/mol. The number of nitrogens with zero attached hydrogens (tertiary/aromatic N) is 2. The van der Waals surface area contributed by atoms with Crippen LogP contribution in [0, 0.1) is 0 Å². The smallest absolute Gasteiger partial charge is 0.0845 e. The minimum atomic E-state index is -0.507. The van der Waals surface area contributed by atoms with E-state index in [-0.39, 0.29) is 6.61 Å². The summed E-state index contributed by atoms with van der Waals surface area (Å²) in [6.45, 7) is 1.69. The molecule has 24 heavy (non-hydrogen) atoms. The number of hydrogen-bond donors (Lipinski definition) is 2. The minimum absolute atomic E-state index is 0.0979. The molecule has 0 amide bonds. The van der Waals surface area contributed by atoms with Crippen LogP contribution in [0.4, 0.5) is 0 Å². The highest BCUT2D eigenvalue weighted by atomic mass is 79.9. The lowest BCUT2D eigenvalue weighted by Gasteiger charge is -2.20. The number of fused-ring (bicyclic) bond motifs is 3. The molecule has 3 rings (SSSR count). The lowest BCUT2D eigenvalue weighted by Crippen LogP contribution is -2.33. The van der Waals surface area contributed by atoms with E-state index < -0.39 is 6.10 Å². The van der Waals surface area contributed by atoms with Gasteiger partial charge in [-0.2, -0.15) is 0 Å². The Morgan fingerprint density at radius 1 is 1.04 bits per heavy atom. The topological polar surface area (TPSA) is 48.6 Å². The van der Waals surface area contributed by atoms with Crippen molar-refractivity contribution >= 4 is 53.7 Å². The Balaban J connectivity index is 2.02. The number of hydrogen-bond acceptors (Lipinski definition) is 3. The van der Waals surface area contributed by atoms with Gasteiger partial charge in [-0.25, -0.2) is 0 Å². The third kappa shape index (κ3) is 3.68. The zero-order valence-corrected chi connectivity index (χ0v) is 16.6. The van der Waals surface area contributed by atoms with Crippen molar-refractivity contribution in [2.24, 2.45) is 0 Å². The molecule has 1 unspecified atom stereocenters. The zero-order chi connectivity index (χ0) is 17.3. The molecule has 6 heteroatoms. The number of likely N-dealkylation sites (N-methyl/N-ethyl adjacent to an activating group) is 1.